The minimum Gasteiger partial charge on any atom is -0.347 e. The van der Waals surface area contributed by atoms with Crippen molar-refractivity contribution < 1.29 is 9.59 Å². The predicted octanol–water partition coefficient (Wildman–Crippen LogP) is 4.51. The van der Waals surface area contributed by atoms with Crippen molar-refractivity contribution in [3.05, 3.63) is 63.6 Å². The summed E-state index contributed by atoms with van der Waals surface area (Å²) in [5.41, 5.74) is 2.79. The maximum Gasteiger partial charge on any atom is 0.295 e. The van der Waals surface area contributed by atoms with Gasteiger partial charge in [-0.15, -0.1) is 11.3 Å². The van der Waals surface area contributed by atoms with Crippen LogP contribution in [0.2, 0.25) is 5.02 Å². The lowest BCUT2D eigenvalue weighted by atomic mass is 9.89. The van der Waals surface area contributed by atoms with Crippen LogP contribution in [-0.4, -0.2) is 53.7 Å². The van der Waals surface area contributed by atoms with Gasteiger partial charge in [0, 0.05) is 49.9 Å². The van der Waals surface area contributed by atoms with Crippen LogP contribution < -0.4 is 4.90 Å². The Bertz CT molecular complexity index is 1080. The molecule has 3 heterocycles. The number of Topliss-reactive ketones (excluding diaryl/α,β-unsaturated/α-hetero) is 1. The maximum atomic E-state index is 12.9. The molecule has 0 saturated carbocycles. The molecule has 0 radical (unpaired) electrons. The monoisotopic (exact) mass is 454 g/mol. The van der Waals surface area contributed by atoms with Crippen molar-refractivity contribution in [1.29, 1.82) is 0 Å². The van der Waals surface area contributed by atoms with Gasteiger partial charge in [0.05, 0.1) is 10.6 Å². The third kappa shape index (κ3) is 4.62. The third-order valence-corrected chi connectivity index (χ3v) is 6.52. The van der Waals surface area contributed by atoms with Gasteiger partial charge in [-0.25, -0.2) is 9.97 Å². The van der Waals surface area contributed by atoms with Crippen LogP contribution in [0, 0.1) is 0 Å². The Balaban J connectivity index is 1.65. The summed E-state index contributed by atoms with van der Waals surface area (Å²) in [5, 5.41) is 2.47. The zero-order chi connectivity index (χ0) is 22.0. The molecule has 0 spiro atoms. The molecule has 0 unspecified atom stereocenters. The van der Waals surface area contributed by atoms with Crippen molar-refractivity contribution in [3.8, 4) is 11.1 Å². The Hall–Kier alpha value is -2.77. The molecule has 0 N–H and O–H groups in total. The number of thiophene rings is 1. The van der Waals surface area contributed by atoms with Gasteiger partial charge in [-0.2, -0.15) is 0 Å². The van der Waals surface area contributed by atoms with Crippen LogP contribution in [0.5, 0.6) is 0 Å². The second-order valence-corrected chi connectivity index (χ2v) is 9.15. The maximum absolute atomic E-state index is 12.9. The second kappa shape index (κ2) is 9.16. The summed E-state index contributed by atoms with van der Waals surface area (Å²) < 4.78 is 0. The topological polar surface area (TPSA) is 66.4 Å². The summed E-state index contributed by atoms with van der Waals surface area (Å²) in [6.07, 6.45) is 3.54. The first-order chi connectivity index (χ1) is 14.9. The van der Waals surface area contributed by atoms with Gasteiger partial charge in [-0.05, 0) is 42.0 Å². The first-order valence-corrected chi connectivity index (χ1v) is 11.4. The fraction of sp³-hybridized carbons (Fsp3) is 0.304. The molecule has 1 aliphatic rings. The van der Waals surface area contributed by atoms with Crippen LogP contribution in [-0.2, 0) is 4.79 Å². The summed E-state index contributed by atoms with van der Waals surface area (Å²) in [6, 6.07) is 11.1. The van der Waals surface area contributed by atoms with Crippen molar-refractivity contribution in [1.82, 2.24) is 14.9 Å². The summed E-state index contributed by atoms with van der Waals surface area (Å²) in [5.74, 6) is -0.251. The lowest BCUT2D eigenvalue weighted by Crippen LogP contribution is -2.42. The molecule has 1 atom stereocenters. The molecular weight excluding hydrogens is 432 g/mol. The Kier molecular flexibility index (Phi) is 6.34. The summed E-state index contributed by atoms with van der Waals surface area (Å²) in [6.45, 7) is 1.04. The fourth-order valence-electron chi connectivity index (χ4n) is 3.81. The Morgan fingerprint density at radius 2 is 1.97 bits per heavy atom. The quantitative estimate of drug-likeness (QED) is 0.419. The number of anilines is 1. The minimum absolute atomic E-state index is 0.0150. The van der Waals surface area contributed by atoms with E-state index in [1.165, 1.54) is 11.3 Å². The lowest BCUT2D eigenvalue weighted by Gasteiger charge is -2.33. The number of piperidine rings is 1. The van der Waals surface area contributed by atoms with Gasteiger partial charge in [-0.1, -0.05) is 29.8 Å². The van der Waals surface area contributed by atoms with Gasteiger partial charge >= 0.3 is 0 Å². The average Bonchev–Trinajstić information content (AvgIpc) is 3.33. The average molecular weight is 455 g/mol. The van der Waals surface area contributed by atoms with E-state index < -0.39 is 11.7 Å². The molecule has 3 aromatic rings. The molecule has 1 saturated heterocycles. The van der Waals surface area contributed by atoms with Crippen LogP contribution in [0.4, 0.5) is 5.95 Å². The minimum atomic E-state index is -0.443. The van der Waals surface area contributed by atoms with Gasteiger partial charge in [0.1, 0.15) is 0 Å². The van der Waals surface area contributed by atoms with Crippen molar-refractivity contribution in [2.45, 2.75) is 18.8 Å². The number of amides is 1. The molecule has 1 fully saturated rings. The molecule has 31 heavy (non-hydrogen) atoms. The van der Waals surface area contributed by atoms with E-state index in [1.54, 1.807) is 17.0 Å². The molecule has 1 amide bonds. The van der Waals surface area contributed by atoms with Gasteiger partial charge in [-0.3, -0.25) is 9.59 Å². The largest absolute Gasteiger partial charge is 0.347 e. The Morgan fingerprint density at radius 1 is 1.19 bits per heavy atom. The molecule has 1 aromatic carbocycles. The molecule has 160 valence electrons. The summed E-state index contributed by atoms with van der Waals surface area (Å²) >= 11 is 7.36. The molecule has 1 aliphatic heterocycles. The van der Waals surface area contributed by atoms with E-state index in [0.717, 1.165) is 29.7 Å². The van der Waals surface area contributed by atoms with Crippen LogP contribution in [0.1, 0.15) is 34.1 Å². The number of benzene rings is 1. The van der Waals surface area contributed by atoms with Gasteiger partial charge in [0.15, 0.2) is 0 Å². The molecule has 2 aromatic heterocycles. The van der Waals surface area contributed by atoms with E-state index in [-0.39, 0.29) is 5.92 Å². The zero-order valence-electron chi connectivity index (χ0n) is 17.4. The Morgan fingerprint density at radius 3 is 2.65 bits per heavy atom. The van der Waals surface area contributed by atoms with Crippen molar-refractivity contribution in [3.63, 3.8) is 0 Å². The highest BCUT2D eigenvalue weighted by Crippen LogP contribution is 2.34. The highest BCUT2D eigenvalue weighted by Gasteiger charge is 2.31. The number of nitrogens with zero attached hydrogens (tertiary/aromatic N) is 4. The standard InChI is InChI=1S/C23H23ClN4O2S/c1-27(2)23-25-13-18(15-7-9-17(24)10-8-15)20(26-23)16-5-3-11-28(14-16)22(30)21(29)19-6-4-12-31-19/h4,6-10,12-13,16H,3,5,11,14H2,1-2H3/t16-/m0/s1. The lowest BCUT2D eigenvalue weighted by molar-refractivity contribution is -0.127. The predicted molar refractivity (Wildman–Crippen MR) is 124 cm³/mol. The Labute approximate surface area is 190 Å². The molecular formula is C23H23ClN4O2S. The van der Waals surface area contributed by atoms with Crippen LogP contribution in [0.3, 0.4) is 0 Å². The van der Waals surface area contributed by atoms with Crippen molar-refractivity contribution >= 4 is 40.6 Å². The van der Waals surface area contributed by atoms with E-state index in [2.05, 4.69) is 4.98 Å². The molecule has 8 heteroatoms. The number of ketones is 1. The van der Waals surface area contributed by atoms with Crippen molar-refractivity contribution in [2.24, 2.45) is 0 Å². The number of carbonyl (C=O) groups excluding carboxylic acids is 2. The number of likely N-dealkylation sites (tertiary alicyclic amines) is 1. The summed E-state index contributed by atoms with van der Waals surface area (Å²) in [4.78, 5) is 38.8. The van der Waals surface area contributed by atoms with Crippen molar-refractivity contribution in [2.75, 3.05) is 32.1 Å². The van der Waals surface area contributed by atoms with Gasteiger partial charge in [0.2, 0.25) is 5.95 Å². The number of hydrogen-bond acceptors (Lipinski definition) is 6. The number of carbonyl (C=O) groups is 2. The first kappa shape index (κ1) is 21.5. The summed E-state index contributed by atoms with van der Waals surface area (Å²) in [7, 11) is 3.80. The molecule has 0 bridgehead atoms. The highest BCUT2D eigenvalue weighted by atomic mass is 35.5. The fourth-order valence-corrected chi connectivity index (χ4v) is 4.59. The smallest absolute Gasteiger partial charge is 0.295 e. The van der Waals surface area contributed by atoms with Gasteiger partial charge in [0.25, 0.3) is 11.7 Å². The highest BCUT2D eigenvalue weighted by molar-refractivity contribution is 7.13. The van der Waals surface area contributed by atoms with E-state index in [9.17, 15) is 9.59 Å². The zero-order valence-corrected chi connectivity index (χ0v) is 19.0. The molecule has 4 rings (SSSR count). The molecule has 6 nitrogen and oxygen atoms in total. The van der Waals surface area contributed by atoms with Gasteiger partial charge < -0.3 is 9.80 Å². The van der Waals surface area contributed by atoms with E-state index >= 15 is 0 Å². The third-order valence-electron chi connectivity index (χ3n) is 5.40. The second-order valence-electron chi connectivity index (χ2n) is 7.77. The first-order valence-electron chi connectivity index (χ1n) is 10.1. The number of halogens is 1. The number of hydrogen-bond donors (Lipinski definition) is 0. The number of rotatable bonds is 5. The van der Waals surface area contributed by atoms with E-state index in [1.807, 2.05) is 54.8 Å². The van der Waals surface area contributed by atoms with E-state index in [4.69, 9.17) is 16.6 Å². The normalized spacial score (nSPS) is 16.2. The van der Waals surface area contributed by atoms with Crippen LogP contribution in [0.15, 0.2) is 48.0 Å². The number of aromatic nitrogens is 2. The van der Waals surface area contributed by atoms with E-state index in [0.29, 0.717) is 28.9 Å². The van der Waals surface area contributed by atoms with Crippen LogP contribution in [0.25, 0.3) is 11.1 Å². The SMILES string of the molecule is CN(C)c1ncc(-c2ccc(Cl)cc2)c([C@H]2CCCN(C(=O)C(=O)c3cccs3)C2)n1. The molecule has 0 aliphatic carbocycles. The van der Waals surface area contributed by atoms with Crippen LogP contribution >= 0.6 is 22.9 Å².